The van der Waals surface area contributed by atoms with Crippen LogP contribution in [0.4, 0.5) is 4.79 Å². The minimum atomic E-state index is -1.83. The monoisotopic (exact) mass is 470 g/mol. The summed E-state index contributed by atoms with van der Waals surface area (Å²) in [6.07, 6.45) is 4.17. The van der Waals surface area contributed by atoms with E-state index in [-0.39, 0.29) is 41.3 Å². The van der Waals surface area contributed by atoms with Crippen LogP contribution in [0.25, 0.3) is 0 Å². The van der Waals surface area contributed by atoms with E-state index in [9.17, 15) is 20.1 Å². The first-order valence-corrected chi connectivity index (χ1v) is 12.5. The van der Waals surface area contributed by atoms with Gasteiger partial charge in [0, 0.05) is 6.42 Å². The fourth-order valence-corrected chi connectivity index (χ4v) is 8.68. The number of carbonyl (C=O) groups is 2. The number of aliphatic hydroxyl groups is 3. The quantitative estimate of drug-likeness (QED) is 0.363. The number of hydrogen-bond donors (Lipinski definition) is 6. The van der Waals surface area contributed by atoms with Gasteiger partial charge in [0.1, 0.15) is 0 Å². The maximum absolute atomic E-state index is 11.5. The van der Waals surface area contributed by atoms with Gasteiger partial charge in [-0.1, -0.05) is 20.8 Å². The fraction of sp³-hybridized carbons (Fsp3) is 0.920. The second kappa shape index (κ2) is 9.70. The molecule has 0 unspecified atom stereocenters. The van der Waals surface area contributed by atoms with Gasteiger partial charge >= 0.3 is 12.1 Å². The average Bonchev–Trinajstić information content (AvgIpc) is 3.06. The number of carboxylic acids is 1. The number of fused-ring (bicyclic) bond motifs is 5. The Morgan fingerprint density at radius 3 is 2.18 bits per heavy atom. The Morgan fingerprint density at radius 1 is 0.939 bits per heavy atom. The SMILES string of the molecule is C[C@H](CCC(=O)O)[C@H]1CC[C@H]2[C@@H]3[C@H](O)C[C@@H]4C[C@H](O)CC[C@]4(C)[C@H]3C[C@H](O)[C@]12C.O=C(O)O. The Bertz CT molecular complexity index is 723. The van der Waals surface area contributed by atoms with Crippen LogP contribution in [-0.4, -0.2) is 61.1 Å². The van der Waals surface area contributed by atoms with E-state index in [1.165, 1.54) is 0 Å². The number of hydrogen-bond acceptors (Lipinski definition) is 5. The van der Waals surface area contributed by atoms with E-state index in [2.05, 4.69) is 20.8 Å². The van der Waals surface area contributed by atoms with Gasteiger partial charge < -0.3 is 30.6 Å². The molecule has 190 valence electrons. The highest BCUT2D eigenvalue weighted by Crippen LogP contribution is 2.68. The summed E-state index contributed by atoms with van der Waals surface area (Å²) in [5, 5.41) is 56.0. The zero-order valence-corrected chi connectivity index (χ0v) is 20.1. The molecule has 0 saturated heterocycles. The largest absolute Gasteiger partial charge is 0.503 e. The van der Waals surface area contributed by atoms with Gasteiger partial charge in [-0.15, -0.1) is 0 Å². The van der Waals surface area contributed by atoms with E-state index in [0.29, 0.717) is 30.1 Å². The van der Waals surface area contributed by atoms with E-state index in [1.54, 1.807) is 0 Å². The van der Waals surface area contributed by atoms with Crippen LogP contribution in [0.2, 0.25) is 0 Å². The van der Waals surface area contributed by atoms with Crippen LogP contribution < -0.4 is 0 Å². The Kier molecular flexibility index (Phi) is 7.71. The van der Waals surface area contributed by atoms with Gasteiger partial charge in [-0.3, -0.25) is 4.79 Å². The summed E-state index contributed by atoms with van der Waals surface area (Å²) in [5.74, 6) is 0.997. The lowest BCUT2D eigenvalue weighted by Crippen LogP contribution is -2.62. The molecule has 0 aromatic carbocycles. The summed E-state index contributed by atoms with van der Waals surface area (Å²) in [5.41, 5.74) is -0.143. The first-order valence-electron chi connectivity index (χ1n) is 12.5. The summed E-state index contributed by atoms with van der Waals surface area (Å²) in [4.78, 5) is 19.6. The lowest BCUT2D eigenvalue weighted by atomic mass is 9.43. The van der Waals surface area contributed by atoms with Gasteiger partial charge in [0.15, 0.2) is 0 Å². The van der Waals surface area contributed by atoms with Gasteiger partial charge in [-0.25, -0.2) is 4.79 Å². The Hall–Kier alpha value is -1.38. The van der Waals surface area contributed by atoms with Crippen molar-refractivity contribution in [3.63, 3.8) is 0 Å². The Labute approximate surface area is 196 Å². The van der Waals surface area contributed by atoms with Crippen LogP contribution in [0.3, 0.4) is 0 Å². The average molecular weight is 471 g/mol. The van der Waals surface area contributed by atoms with Crippen molar-refractivity contribution >= 4 is 12.1 Å². The number of aliphatic hydroxyl groups excluding tert-OH is 3. The molecule has 11 atom stereocenters. The molecule has 4 aliphatic rings. The van der Waals surface area contributed by atoms with E-state index in [1.807, 2.05) is 0 Å². The minimum Gasteiger partial charge on any atom is -0.481 e. The van der Waals surface area contributed by atoms with Gasteiger partial charge in [-0.2, -0.15) is 0 Å². The lowest BCUT2D eigenvalue weighted by Gasteiger charge is -2.63. The third-order valence-corrected chi connectivity index (χ3v) is 10.3. The molecule has 8 nitrogen and oxygen atoms in total. The van der Waals surface area contributed by atoms with Gasteiger partial charge in [0.2, 0.25) is 0 Å². The zero-order valence-electron chi connectivity index (χ0n) is 20.1. The first kappa shape index (κ1) is 26.2. The summed E-state index contributed by atoms with van der Waals surface area (Å²) >= 11 is 0. The Morgan fingerprint density at radius 2 is 1.58 bits per heavy atom. The fourth-order valence-electron chi connectivity index (χ4n) is 8.68. The van der Waals surface area contributed by atoms with Crippen LogP contribution in [0.15, 0.2) is 0 Å². The molecule has 4 saturated carbocycles. The molecule has 4 fully saturated rings. The van der Waals surface area contributed by atoms with Crippen molar-refractivity contribution < 1.29 is 40.2 Å². The maximum Gasteiger partial charge on any atom is 0.503 e. The molecule has 0 amide bonds. The van der Waals surface area contributed by atoms with Gasteiger partial charge in [0.25, 0.3) is 0 Å². The second-order valence-electron chi connectivity index (χ2n) is 11.7. The molecule has 8 heteroatoms. The van der Waals surface area contributed by atoms with Gasteiger partial charge in [-0.05, 0) is 97.7 Å². The molecule has 0 aromatic rings. The second-order valence-corrected chi connectivity index (χ2v) is 11.7. The summed E-state index contributed by atoms with van der Waals surface area (Å²) in [7, 11) is 0. The topological polar surface area (TPSA) is 156 Å². The molecule has 4 rings (SSSR count). The van der Waals surface area contributed by atoms with Crippen molar-refractivity contribution in [2.24, 2.45) is 46.3 Å². The van der Waals surface area contributed by atoms with Crippen molar-refractivity contribution in [2.75, 3.05) is 0 Å². The van der Waals surface area contributed by atoms with Gasteiger partial charge in [0.05, 0.1) is 18.3 Å². The van der Waals surface area contributed by atoms with E-state index >= 15 is 0 Å². The van der Waals surface area contributed by atoms with Crippen LogP contribution in [-0.2, 0) is 4.79 Å². The molecule has 0 aliphatic heterocycles. The van der Waals surface area contributed by atoms with E-state index in [4.69, 9.17) is 20.1 Å². The first-order chi connectivity index (χ1) is 15.3. The highest BCUT2D eigenvalue weighted by Gasteiger charge is 2.65. The lowest BCUT2D eigenvalue weighted by molar-refractivity contribution is -0.207. The predicted molar refractivity (Wildman–Crippen MR) is 121 cm³/mol. The zero-order chi connectivity index (χ0) is 24.7. The van der Waals surface area contributed by atoms with Crippen molar-refractivity contribution in [2.45, 2.75) is 96.9 Å². The summed E-state index contributed by atoms with van der Waals surface area (Å²) in [6, 6.07) is 0. The number of carboxylic acid groups (broad SMARTS) is 3. The highest BCUT2D eigenvalue weighted by molar-refractivity contribution is 5.66. The number of rotatable bonds is 4. The van der Waals surface area contributed by atoms with Crippen molar-refractivity contribution in [1.29, 1.82) is 0 Å². The van der Waals surface area contributed by atoms with Crippen LogP contribution in [0.1, 0.15) is 78.6 Å². The molecule has 0 bridgehead atoms. The molecular weight excluding hydrogens is 428 g/mol. The van der Waals surface area contributed by atoms with Crippen LogP contribution >= 0.6 is 0 Å². The highest BCUT2D eigenvalue weighted by atomic mass is 16.6. The smallest absolute Gasteiger partial charge is 0.481 e. The molecule has 4 aliphatic carbocycles. The molecular formula is C25H42O8. The molecule has 6 N–H and O–H groups in total. The van der Waals surface area contributed by atoms with Crippen molar-refractivity contribution in [3.8, 4) is 0 Å². The summed E-state index contributed by atoms with van der Waals surface area (Å²) in [6.45, 7) is 6.72. The third-order valence-electron chi connectivity index (χ3n) is 10.3. The normalized spacial score (nSPS) is 47.2. The van der Waals surface area contributed by atoms with Crippen molar-refractivity contribution in [3.05, 3.63) is 0 Å². The van der Waals surface area contributed by atoms with Crippen LogP contribution in [0.5, 0.6) is 0 Å². The molecule has 0 spiro atoms. The van der Waals surface area contributed by atoms with Crippen LogP contribution in [0, 0.1) is 46.3 Å². The maximum atomic E-state index is 11.5. The third kappa shape index (κ3) is 4.76. The standard InChI is InChI=1S/C24H40O5.CH2O3/c1-13(4-7-21(28)29)16-5-6-17-22-18(12-20(27)24(16,17)3)23(2)9-8-15(25)10-14(23)11-19(22)26;2-1(3)4/h13-20,22,25-27H,4-12H2,1-3H3,(H,28,29);(H2,2,3,4)/t13-,14+,15-,16-,17+,18+,19-,20+,22+,23+,24-;/m1./s1. The van der Waals surface area contributed by atoms with Crippen molar-refractivity contribution in [1.82, 2.24) is 0 Å². The molecule has 0 aromatic heterocycles. The summed E-state index contributed by atoms with van der Waals surface area (Å²) < 4.78 is 0. The minimum absolute atomic E-state index is 0.0957. The molecule has 0 radical (unpaired) electrons. The number of aliphatic carboxylic acids is 1. The Balaban J connectivity index is 0.000000709. The van der Waals surface area contributed by atoms with E-state index < -0.39 is 18.2 Å². The van der Waals surface area contributed by atoms with E-state index in [0.717, 1.165) is 44.9 Å². The predicted octanol–water partition coefficient (Wildman–Crippen LogP) is 3.67. The molecule has 0 heterocycles. The molecule has 33 heavy (non-hydrogen) atoms.